The molecule has 0 atom stereocenters. The summed E-state index contributed by atoms with van der Waals surface area (Å²) in [7, 11) is -4.61. The van der Waals surface area contributed by atoms with E-state index in [1.54, 1.807) is 0 Å². The van der Waals surface area contributed by atoms with Gasteiger partial charge in [0, 0.05) is 17.4 Å². The average molecular weight is 190 g/mol. The van der Waals surface area contributed by atoms with E-state index in [0.717, 1.165) is 0 Å². The third-order valence-electron chi connectivity index (χ3n) is 0. The van der Waals surface area contributed by atoms with E-state index in [1.807, 2.05) is 0 Å². The first kappa shape index (κ1) is 15.9. The molecule has 0 aliphatic rings. The Hall–Kier alpha value is 1.85. The zero-order chi connectivity index (χ0) is 4.50. The third kappa shape index (κ3) is 78.5. The topological polar surface area (TPSA) is 80.9 Å². The van der Waals surface area contributed by atoms with Crippen molar-refractivity contribution in [2.24, 2.45) is 0 Å². The molecule has 0 aliphatic carbocycles. The van der Waals surface area contributed by atoms with Crippen molar-refractivity contribution in [1.82, 2.24) is 0 Å². The van der Waals surface area contributed by atoms with Gasteiger partial charge in [0.1, 0.15) is 0 Å². The van der Waals surface area contributed by atoms with Gasteiger partial charge >= 0.3 is 46.8 Å². The zero-order valence-corrected chi connectivity index (χ0v) is 4.97. The Bertz CT molecular complexity index is 27.2. The third-order valence-corrected chi connectivity index (χ3v) is 0. The largest absolute Gasteiger partial charge is 0 e. The molecular formula is H6CaCrO4Si. The fourth-order valence-corrected chi connectivity index (χ4v) is 0. The summed E-state index contributed by atoms with van der Waals surface area (Å²) < 4.78 is 0. The van der Waals surface area contributed by atoms with Crippen molar-refractivity contribution in [3.63, 3.8) is 0 Å². The van der Waals surface area contributed by atoms with Gasteiger partial charge in [-0.05, 0) is 0 Å². The van der Waals surface area contributed by atoms with Gasteiger partial charge in [0.15, 0.2) is 0 Å². The van der Waals surface area contributed by atoms with Crippen LogP contribution in [0, 0.1) is 0 Å². The molecule has 0 rings (SSSR count). The van der Waals surface area contributed by atoms with Gasteiger partial charge in [-0.25, -0.2) is 0 Å². The van der Waals surface area contributed by atoms with E-state index in [-0.39, 0.29) is 55.1 Å². The van der Waals surface area contributed by atoms with Gasteiger partial charge in [-0.15, -0.1) is 0 Å². The fourth-order valence-electron chi connectivity index (χ4n) is 0. The van der Waals surface area contributed by atoms with Crippen molar-refractivity contribution in [3.8, 4) is 0 Å². The number of rotatable bonds is 0. The SMILES string of the molecule is O[Si](O)(O)O.[CaH2].[Cr]. The van der Waals surface area contributed by atoms with E-state index in [9.17, 15) is 0 Å². The van der Waals surface area contributed by atoms with Crippen molar-refractivity contribution in [2.75, 3.05) is 0 Å². The molecule has 0 saturated carbocycles. The molecule has 4 nitrogen and oxygen atoms in total. The molecule has 0 aromatic heterocycles. The van der Waals surface area contributed by atoms with Gasteiger partial charge < -0.3 is 19.2 Å². The van der Waals surface area contributed by atoms with Crippen LogP contribution in [0.3, 0.4) is 0 Å². The van der Waals surface area contributed by atoms with Crippen LogP contribution in [0.5, 0.6) is 0 Å². The maximum absolute atomic E-state index is 7.33. The molecule has 0 spiro atoms. The maximum atomic E-state index is 7.33. The van der Waals surface area contributed by atoms with Crippen LogP contribution in [-0.2, 0) is 17.4 Å². The van der Waals surface area contributed by atoms with Gasteiger partial charge in [-0.1, -0.05) is 0 Å². The Morgan fingerprint density at radius 2 is 0.857 bits per heavy atom. The predicted molar refractivity (Wildman–Crippen MR) is 23.2 cm³/mol. The quantitative estimate of drug-likeness (QED) is 0.298. The minimum absolute atomic E-state index is 0. The molecule has 0 bridgehead atoms. The molecule has 0 aromatic carbocycles. The van der Waals surface area contributed by atoms with Crippen LogP contribution in [-0.4, -0.2) is 66.0 Å². The van der Waals surface area contributed by atoms with Crippen molar-refractivity contribution in [3.05, 3.63) is 0 Å². The fraction of sp³-hybridized carbons (Fsp3) is 0. The summed E-state index contributed by atoms with van der Waals surface area (Å²) in [5.74, 6) is 0. The molecule has 0 aliphatic heterocycles. The molecule has 0 unspecified atom stereocenters. The first-order valence-corrected chi connectivity index (χ1v) is 2.68. The van der Waals surface area contributed by atoms with Crippen LogP contribution in [0.2, 0.25) is 0 Å². The Morgan fingerprint density at radius 3 is 0.857 bits per heavy atom. The molecule has 7 heavy (non-hydrogen) atoms. The van der Waals surface area contributed by atoms with Crippen LogP contribution in [0.1, 0.15) is 0 Å². The van der Waals surface area contributed by atoms with Crippen molar-refractivity contribution >= 4 is 46.8 Å². The second-order valence-electron chi connectivity index (χ2n) is 0.600. The molecule has 0 heterocycles. The summed E-state index contributed by atoms with van der Waals surface area (Å²) in [5.41, 5.74) is 0. The second-order valence-corrected chi connectivity index (χ2v) is 1.80. The summed E-state index contributed by atoms with van der Waals surface area (Å²) in [6.45, 7) is 0. The molecule has 0 saturated heterocycles. The maximum Gasteiger partial charge on any atom is 0 e. The van der Waals surface area contributed by atoms with Gasteiger partial charge in [0.2, 0.25) is 0 Å². The Morgan fingerprint density at radius 1 is 0.857 bits per heavy atom. The van der Waals surface area contributed by atoms with Crippen molar-refractivity contribution < 1.29 is 36.5 Å². The smallest absolute Gasteiger partial charge is 0 e. The minimum atomic E-state index is -4.61. The van der Waals surface area contributed by atoms with Gasteiger partial charge in [0.05, 0.1) is 0 Å². The van der Waals surface area contributed by atoms with E-state index in [2.05, 4.69) is 0 Å². The standard InChI is InChI=1S/Ca.Cr.H4O4Si.2H/c;;1-5(2,3)4;;/h;;1-4H;;. The molecule has 4 N–H and O–H groups in total. The number of hydrogen-bond donors (Lipinski definition) is 4. The predicted octanol–water partition coefficient (Wildman–Crippen LogP) is -3.53. The summed E-state index contributed by atoms with van der Waals surface area (Å²) in [6.07, 6.45) is 0. The van der Waals surface area contributed by atoms with Crippen LogP contribution in [0.25, 0.3) is 0 Å². The van der Waals surface area contributed by atoms with E-state index in [0.29, 0.717) is 0 Å². The Balaban J connectivity index is -0.0000000800. The first-order valence-electron chi connectivity index (χ1n) is 0.894. The molecule has 7 heteroatoms. The summed E-state index contributed by atoms with van der Waals surface area (Å²) in [5, 5.41) is 0. The summed E-state index contributed by atoms with van der Waals surface area (Å²) in [6, 6.07) is 0. The Kier molecular flexibility index (Phi) is 13.6. The molecule has 0 aromatic rings. The van der Waals surface area contributed by atoms with Crippen LogP contribution < -0.4 is 0 Å². The zero-order valence-electron chi connectivity index (χ0n) is 2.70. The van der Waals surface area contributed by atoms with Crippen LogP contribution in [0.4, 0.5) is 0 Å². The van der Waals surface area contributed by atoms with Crippen LogP contribution >= 0.6 is 0 Å². The first-order chi connectivity index (χ1) is 2.00. The van der Waals surface area contributed by atoms with Gasteiger partial charge in [-0.2, -0.15) is 0 Å². The van der Waals surface area contributed by atoms with Gasteiger partial charge in [0.25, 0.3) is 0 Å². The monoisotopic (exact) mass is 190 g/mol. The van der Waals surface area contributed by atoms with Crippen molar-refractivity contribution in [2.45, 2.75) is 0 Å². The van der Waals surface area contributed by atoms with E-state index in [1.165, 1.54) is 0 Å². The van der Waals surface area contributed by atoms with Crippen LogP contribution in [0.15, 0.2) is 0 Å². The molecule has 42 valence electrons. The van der Waals surface area contributed by atoms with E-state index < -0.39 is 9.05 Å². The van der Waals surface area contributed by atoms with Gasteiger partial charge in [-0.3, -0.25) is 0 Å². The van der Waals surface area contributed by atoms with E-state index in [4.69, 9.17) is 19.2 Å². The van der Waals surface area contributed by atoms with E-state index >= 15 is 0 Å². The second kappa shape index (κ2) is 5.98. The number of hydrogen-bond acceptors (Lipinski definition) is 4. The molecule has 0 amide bonds. The summed E-state index contributed by atoms with van der Waals surface area (Å²) >= 11 is 0. The normalized spacial score (nSPS) is 8.57. The average Bonchev–Trinajstić information content (AvgIpc) is 0.722. The molecule has 0 fully saturated rings. The van der Waals surface area contributed by atoms with Crippen molar-refractivity contribution in [1.29, 1.82) is 0 Å². The minimum Gasteiger partial charge on any atom is 0 e. The summed E-state index contributed by atoms with van der Waals surface area (Å²) in [4.78, 5) is 29.3. The molecule has 0 radical (unpaired) electrons. The Labute approximate surface area is 82.4 Å². The molecular weight excluding hydrogens is 184 g/mol.